The number of hydrogen-bond acceptors (Lipinski definition) is 9. The predicted molar refractivity (Wildman–Crippen MR) is 107 cm³/mol. The molecule has 0 unspecified atom stereocenters. The Labute approximate surface area is 168 Å². The Morgan fingerprint density at radius 1 is 1.13 bits per heavy atom. The molecule has 4 N–H and O–H groups in total. The molecule has 1 aromatic carbocycles. The first-order valence-electron chi connectivity index (χ1n) is 8.58. The van der Waals surface area contributed by atoms with E-state index in [0.29, 0.717) is 17.1 Å². The van der Waals surface area contributed by atoms with Crippen molar-refractivity contribution < 1.29 is 12.9 Å². The molecule has 0 saturated heterocycles. The van der Waals surface area contributed by atoms with E-state index in [4.69, 9.17) is 4.52 Å². The Kier molecular flexibility index (Phi) is 4.79. The highest BCUT2D eigenvalue weighted by Crippen LogP contribution is 2.18. The molecule has 4 rings (SSSR count). The molecule has 0 atom stereocenters. The molecule has 0 aliphatic rings. The van der Waals surface area contributed by atoms with E-state index in [1.54, 1.807) is 19.1 Å². The fraction of sp³-hybridized carbons (Fsp3) is 0.118. The Bertz CT molecular complexity index is 1440. The molecule has 0 saturated carbocycles. The molecule has 0 amide bonds. The topological polar surface area (TPSA) is 176 Å². The molecule has 0 radical (unpaired) electrons. The summed E-state index contributed by atoms with van der Waals surface area (Å²) in [6.07, 6.45) is 1.42. The zero-order chi connectivity index (χ0) is 21.3. The molecule has 154 valence electrons. The molecule has 0 spiro atoms. The van der Waals surface area contributed by atoms with E-state index in [1.165, 1.54) is 24.4 Å². The number of sulfonamides is 1. The lowest BCUT2D eigenvalue weighted by Gasteiger charge is -2.08. The number of benzene rings is 1. The van der Waals surface area contributed by atoms with Crippen molar-refractivity contribution in [2.75, 3.05) is 10.0 Å². The van der Waals surface area contributed by atoms with Crippen LogP contribution in [-0.4, -0.2) is 33.5 Å². The average molecular weight is 429 g/mol. The van der Waals surface area contributed by atoms with Crippen LogP contribution in [0, 0.1) is 6.92 Å². The van der Waals surface area contributed by atoms with Crippen molar-refractivity contribution in [1.82, 2.24) is 25.1 Å². The quantitative estimate of drug-likeness (QED) is 0.344. The van der Waals surface area contributed by atoms with Crippen molar-refractivity contribution in [3.63, 3.8) is 0 Å². The fourth-order valence-corrected chi connectivity index (χ4v) is 3.60. The van der Waals surface area contributed by atoms with E-state index in [2.05, 4.69) is 35.1 Å². The summed E-state index contributed by atoms with van der Waals surface area (Å²) in [5, 5.41) is 6.66. The summed E-state index contributed by atoms with van der Waals surface area (Å²) in [7, 11) is -3.81. The molecule has 0 aliphatic heterocycles. The second kappa shape index (κ2) is 7.44. The highest BCUT2D eigenvalue weighted by Gasteiger charge is 2.16. The number of anilines is 2. The van der Waals surface area contributed by atoms with Gasteiger partial charge in [-0.1, -0.05) is 5.16 Å². The Morgan fingerprint density at radius 2 is 1.90 bits per heavy atom. The Balaban J connectivity index is 1.47. The number of fused-ring (bicyclic) bond motifs is 1. The number of aromatic amines is 2. The van der Waals surface area contributed by atoms with Gasteiger partial charge in [-0.05, 0) is 31.2 Å². The summed E-state index contributed by atoms with van der Waals surface area (Å²) >= 11 is 0. The van der Waals surface area contributed by atoms with Gasteiger partial charge in [0.2, 0.25) is 0 Å². The molecular weight excluding hydrogens is 414 g/mol. The van der Waals surface area contributed by atoms with E-state index in [-0.39, 0.29) is 28.4 Å². The highest BCUT2D eigenvalue weighted by molar-refractivity contribution is 7.92. The van der Waals surface area contributed by atoms with Crippen molar-refractivity contribution in [1.29, 1.82) is 0 Å². The molecule has 30 heavy (non-hydrogen) atoms. The van der Waals surface area contributed by atoms with Gasteiger partial charge in [-0.25, -0.2) is 23.2 Å². The molecule has 3 heterocycles. The van der Waals surface area contributed by atoms with Crippen molar-refractivity contribution in [2.45, 2.75) is 18.4 Å². The van der Waals surface area contributed by atoms with Gasteiger partial charge in [0, 0.05) is 11.8 Å². The van der Waals surface area contributed by atoms with Crippen LogP contribution in [-0.2, 0) is 16.6 Å². The molecule has 3 aromatic heterocycles. The third kappa shape index (κ3) is 4.05. The number of nitrogens with one attached hydrogen (secondary N) is 4. The molecule has 0 fully saturated rings. The Hall–Kier alpha value is -4.00. The molecule has 0 bridgehead atoms. The summed E-state index contributed by atoms with van der Waals surface area (Å²) in [6.45, 7) is 1.88. The van der Waals surface area contributed by atoms with Gasteiger partial charge in [0.05, 0.1) is 23.3 Å². The minimum atomic E-state index is -3.81. The predicted octanol–water partition coefficient (Wildman–Crippen LogP) is 0.716. The van der Waals surface area contributed by atoms with Crippen molar-refractivity contribution in [3.8, 4) is 0 Å². The first-order chi connectivity index (χ1) is 14.3. The standard InChI is InChI=1S/C17H15N7O5S/c1-9-6-13(23-29-9)24-30(27,28)12-4-2-10(3-5-12)18-7-11-8-19-15-14(20-11)16(25)22-17(26)21-15/h2-6,8,18H,7H2,1H3,(H,23,24)(H2,19,21,22,25,26). The van der Waals surface area contributed by atoms with Crippen LogP contribution in [0.1, 0.15) is 11.5 Å². The van der Waals surface area contributed by atoms with Crippen molar-refractivity contribution in [2.24, 2.45) is 0 Å². The summed E-state index contributed by atoms with van der Waals surface area (Å²) in [5.41, 5.74) is -0.0898. The first-order valence-corrected chi connectivity index (χ1v) is 10.1. The average Bonchev–Trinajstić information content (AvgIpc) is 3.10. The van der Waals surface area contributed by atoms with Crippen LogP contribution in [0.25, 0.3) is 11.2 Å². The van der Waals surface area contributed by atoms with Crippen LogP contribution in [0.15, 0.2) is 55.5 Å². The zero-order valence-electron chi connectivity index (χ0n) is 15.5. The van der Waals surface area contributed by atoms with Gasteiger partial charge >= 0.3 is 5.69 Å². The normalized spacial score (nSPS) is 11.5. The van der Waals surface area contributed by atoms with Gasteiger partial charge < -0.3 is 9.84 Å². The number of hydrogen-bond donors (Lipinski definition) is 4. The van der Waals surface area contributed by atoms with E-state index in [9.17, 15) is 18.0 Å². The Morgan fingerprint density at radius 3 is 2.60 bits per heavy atom. The SMILES string of the molecule is Cc1cc(NS(=O)(=O)c2ccc(NCc3cnc4[nH]c(=O)[nH]c(=O)c4n3)cc2)no1. The number of nitrogens with zero attached hydrogens (tertiary/aromatic N) is 3. The second-order valence-electron chi connectivity index (χ2n) is 6.27. The van der Waals surface area contributed by atoms with Crippen LogP contribution in [0.4, 0.5) is 11.5 Å². The number of aryl methyl sites for hydroxylation is 1. The molecule has 4 aromatic rings. The van der Waals surface area contributed by atoms with Gasteiger partial charge in [0.15, 0.2) is 17.0 Å². The van der Waals surface area contributed by atoms with Crippen molar-refractivity contribution in [3.05, 3.63) is 68.8 Å². The summed E-state index contributed by atoms with van der Waals surface area (Å²) in [4.78, 5) is 35.8. The smallest absolute Gasteiger partial charge is 0.327 e. The van der Waals surface area contributed by atoms with E-state index in [1.807, 2.05) is 0 Å². The summed E-state index contributed by atoms with van der Waals surface area (Å²) < 4.78 is 32.0. The van der Waals surface area contributed by atoms with Gasteiger partial charge in [0.1, 0.15) is 5.76 Å². The third-order valence-corrected chi connectivity index (χ3v) is 5.37. The number of rotatable bonds is 6. The monoisotopic (exact) mass is 429 g/mol. The van der Waals surface area contributed by atoms with Crippen molar-refractivity contribution >= 4 is 32.7 Å². The number of aromatic nitrogens is 5. The minimum Gasteiger partial charge on any atom is -0.379 e. The molecule has 0 aliphatic carbocycles. The number of H-pyrrole nitrogens is 2. The first kappa shape index (κ1) is 19.3. The minimum absolute atomic E-state index is 0.0181. The lowest BCUT2D eigenvalue weighted by molar-refractivity contribution is 0.400. The maximum absolute atomic E-state index is 12.4. The molecule has 13 heteroatoms. The summed E-state index contributed by atoms with van der Waals surface area (Å²) in [6, 6.07) is 7.50. The van der Waals surface area contributed by atoms with Crippen LogP contribution < -0.4 is 21.3 Å². The van der Waals surface area contributed by atoms with E-state index < -0.39 is 21.3 Å². The zero-order valence-corrected chi connectivity index (χ0v) is 16.3. The van der Waals surface area contributed by atoms with Crippen LogP contribution in [0.3, 0.4) is 0 Å². The van der Waals surface area contributed by atoms with E-state index >= 15 is 0 Å². The highest BCUT2D eigenvalue weighted by atomic mass is 32.2. The molecule has 12 nitrogen and oxygen atoms in total. The van der Waals surface area contributed by atoms with Gasteiger partial charge in [-0.2, -0.15) is 0 Å². The fourth-order valence-electron chi connectivity index (χ4n) is 2.62. The third-order valence-electron chi connectivity index (χ3n) is 4.00. The summed E-state index contributed by atoms with van der Waals surface area (Å²) in [5.74, 6) is 0.582. The van der Waals surface area contributed by atoms with Gasteiger partial charge in [-0.15, -0.1) is 0 Å². The lowest BCUT2D eigenvalue weighted by Crippen LogP contribution is -2.23. The van der Waals surface area contributed by atoms with Crippen LogP contribution in [0.5, 0.6) is 0 Å². The van der Waals surface area contributed by atoms with Gasteiger partial charge in [0.25, 0.3) is 15.6 Å². The maximum atomic E-state index is 12.4. The lowest BCUT2D eigenvalue weighted by atomic mass is 10.3. The van der Waals surface area contributed by atoms with Gasteiger partial charge in [-0.3, -0.25) is 19.5 Å². The van der Waals surface area contributed by atoms with E-state index in [0.717, 1.165) is 0 Å². The van der Waals surface area contributed by atoms with Crippen LogP contribution >= 0.6 is 0 Å². The largest absolute Gasteiger partial charge is 0.379 e. The molecular formula is C17H15N7O5S. The second-order valence-corrected chi connectivity index (χ2v) is 7.96. The van der Waals surface area contributed by atoms with Crippen LogP contribution in [0.2, 0.25) is 0 Å². The maximum Gasteiger partial charge on any atom is 0.327 e.